The van der Waals surface area contributed by atoms with Crippen molar-refractivity contribution in [3.63, 3.8) is 0 Å². The topological polar surface area (TPSA) is 91.8 Å². The van der Waals surface area contributed by atoms with Crippen LogP contribution in [0.15, 0.2) is 24.7 Å². The molecule has 29 heavy (non-hydrogen) atoms. The molecule has 2 atom stereocenters. The highest BCUT2D eigenvalue weighted by atomic mass is 19.1. The van der Waals surface area contributed by atoms with Gasteiger partial charge in [0.1, 0.15) is 5.65 Å². The SMILES string of the molecule is Cc1cnc2[nH]cc(-c3ncc(F)c(C[C@H]4C5CCC(CC5)[C@@H]4C(=O)O)n3)c2c1. The number of rotatable bonds is 4. The Morgan fingerprint density at radius 1 is 1.21 bits per heavy atom. The summed E-state index contributed by atoms with van der Waals surface area (Å²) >= 11 is 0. The van der Waals surface area contributed by atoms with Crippen molar-refractivity contribution in [1.29, 1.82) is 0 Å². The average Bonchev–Trinajstić information content (AvgIpc) is 3.13. The monoisotopic (exact) mass is 394 g/mol. The normalized spacial score (nSPS) is 26.1. The van der Waals surface area contributed by atoms with E-state index in [1.54, 1.807) is 12.4 Å². The molecule has 6 nitrogen and oxygen atoms in total. The van der Waals surface area contributed by atoms with Gasteiger partial charge in [0.15, 0.2) is 11.6 Å². The van der Waals surface area contributed by atoms with Gasteiger partial charge in [-0.25, -0.2) is 19.3 Å². The third-order valence-electron chi connectivity index (χ3n) is 6.83. The van der Waals surface area contributed by atoms with Crippen molar-refractivity contribution in [2.24, 2.45) is 23.7 Å². The van der Waals surface area contributed by atoms with Crippen LogP contribution < -0.4 is 0 Å². The molecule has 3 aliphatic carbocycles. The maximum atomic E-state index is 14.6. The number of H-pyrrole nitrogens is 1. The highest BCUT2D eigenvalue weighted by molar-refractivity contribution is 5.91. The van der Waals surface area contributed by atoms with E-state index in [0.29, 0.717) is 23.9 Å². The number of pyridine rings is 1. The minimum atomic E-state index is -0.753. The standard InChI is InChI=1S/C22H23FN4O2/c1-11-6-15-16(9-25-20(15)24-8-11)21-26-10-17(23)18(27-21)7-14-12-2-4-13(5-3-12)19(14)22(28)29/h6,8-10,12-14,19H,2-5,7H2,1H3,(H,24,25)(H,28,29)/t12?,13?,14-,19-/m0/s1. The Labute approximate surface area is 167 Å². The summed E-state index contributed by atoms with van der Waals surface area (Å²) in [6.07, 6.45) is 9.13. The Morgan fingerprint density at radius 3 is 2.72 bits per heavy atom. The number of nitrogens with one attached hydrogen (secondary N) is 1. The number of hydrogen-bond acceptors (Lipinski definition) is 4. The number of carboxylic acid groups (broad SMARTS) is 1. The third-order valence-corrected chi connectivity index (χ3v) is 6.83. The molecule has 0 unspecified atom stereocenters. The summed E-state index contributed by atoms with van der Waals surface area (Å²) in [5, 5.41) is 10.7. The largest absolute Gasteiger partial charge is 0.481 e. The van der Waals surface area contributed by atoms with Crippen molar-refractivity contribution in [3.05, 3.63) is 41.7 Å². The van der Waals surface area contributed by atoms with Gasteiger partial charge in [0.05, 0.1) is 17.8 Å². The summed E-state index contributed by atoms with van der Waals surface area (Å²) in [4.78, 5) is 28.1. The van der Waals surface area contributed by atoms with E-state index in [1.165, 1.54) is 6.20 Å². The van der Waals surface area contributed by atoms with Crippen LogP contribution in [0.3, 0.4) is 0 Å². The molecule has 3 fully saturated rings. The molecular formula is C22H23FN4O2. The van der Waals surface area contributed by atoms with E-state index >= 15 is 0 Å². The number of carbonyl (C=O) groups is 1. The summed E-state index contributed by atoms with van der Waals surface area (Å²) in [5.74, 6) is -0.712. The van der Waals surface area contributed by atoms with Gasteiger partial charge in [-0.05, 0) is 68.4 Å². The van der Waals surface area contributed by atoms with Crippen molar-refractivity contribution in [2.75, 3.05) is 0 Å². The molecule has 0 radical (unpaired) electrons. The fourth-order valence-electron chi connectivity index (χ4n) is 5.44. The van der Waals surface area contributed by atoms with Crippen LogP contribution in [0.4, 0.5) is 4.39 Å². The van der Waals surface area contributed by atoms with Gasteiger partial charge in [-0.3, -0.25) is 4.79 Å². The number of fused-ring (bicyclic) bond motifs is 4. The Morgan fingerprint density at radius 2 is 1.97 bits per heavy atom. The molecule has 3 aromatic heterocycles. The second kappa shape index (κ2) is 6.90. The van der Waals surface area contributed by atoms with Gasteiger partial charge in [0.25, 0.3) is 0 Å². The first-order valence-electron chi connectivity index (χ1n) is 10.2. The van der Waals surface area contributed by atoms with Crippen LogP contribution in [0.25, 0.3) is 22.4 Å². The molecule has 0 spiro atoms. The molecule has 3 saturated carbocycles. The van der Waals surface area contributed by atoms with Crippen molar-refractivity contribution >= 4 is 17.0 Å². The van der Waals surface area contributed by atoms with E-state index in [1.807, 2.05) is 13.0 Å². The maximum absolute atomic E-state index is 14.6. The van der Waals surface area contributed by atoms with Crippen LogP contribution in [0.1, 0.15) is 36.9 Å². The molecular weight excluding hydrogens is 371 g/mol. The van der Waals surface area contributed by atoms with E-state index in [0.717, 1.165) is 47.8 Å². The number of aryl methyl sites for hydroxylation is 1. The van der Waals surface area contributed by atoms with E-state index in [4.69, 9.17) is 0 Å². The molecule has 0 aromatic carbocycles. The van der Waals surface area contributed by atoms with Crippen LogP contribution >= 0.6 is 0 Å². The first kappa shape index (κ1) is 18.2. The Hall–Kier alpha value is -2.83. The molecule has 0 aliphatic heterocycles. The van der Waals surface area contributed by atoms with E-state index in [9.17, 15) is 14.3 Å². The predicted molar refractivity (Wildman–Crippen MR) is 106 cm³/mol. The zero-order chi connectivity index (χ0) is 20.1. The number of halogens is 1. The lowest BCUT2D eigenvalue weighted by Crippen LogP contribution is -2.45. The zero-order valence-electron chi connectivity index (χ0n) is 16.2. The van der Waals surface area contributed by atoms with Crippen LogP contribution in [-0.4, -0.2) is 31.0 Å². The summed E-state index contributed by atoms with van der Waals surface area (Å²) in [7, 11) is 0. The van der Waals surface area contributed by atoms with Gasteiger partial charge < -0.3 is 10.1 Å². The molecule has 2 bridgehead atoms. The van der Waals surface area contributed by atoms with E-state index in [-0.39, 0.29) is 11.8 Å². The summed E-state index contributed by atoms with van der Waals surface area (Å²) in [6, 6.07) is 2.00. The first-order chi connectivity index (χ1) is 14.0. The highest BCUT2D eigenvalue weighted by Crippen LogP contribution is 2.50. The first-order valence-corrected chi connectivity index (χ1v) is 10.2. The summed E-state index contributed by atoms with van der Waals surface area (Å²) < 4.78 is 14.6. The van der Waals surface area contributed by atoms with Gasteiger partial charge in [-0.15, -0.1) is 0 Å². The average molecular weight is 394 g/mol. The molecule has 6 rings (SSSR count). The minimum Gasteiger partial charge on any atom is -0.481 e. The fraction of sp³-hybridized carbons (Fsp3) is 0.455. The number of nitrogens with zero attached hydrogens (tertiary/aromatic N) is 3. The van der Waals surface area contributed by atoms with E-state index < -0.39 is 17.7 Å². The third kappa shape index (κ3) is 3.09. The molecule has 3 heterocycles. The van der Waals surface area contributed by atoms with Gasteiger partial charge >= 0.3 is 5.97 Å². The molecule has 0 saturated heterocycles. The highest BCUT2D eigenvalue weighted by Gasteiger charge is 2.47. The number of carboxylic acids is 1. The smallest absolute Gasteiger partial charge is 0.307 e. The fourth-order valence-corrected chi connectivity index (χ4v) is 5.44. The van der Waals surface area contributed by atoms with E-state index in [2.05, 4.69) is 19.9 Å². The Kier molecular flexibility index (Phi) is 4.33. The van der Waals surface area contributed by atoms with Crippen LogP contribution in [0, 0.1) is 36.4 Å². The van der Waals surface area contributed by atoms with Gasteiger partial charge in [-0.2, -0.15) is 0 Å². The van der Waals surface area contributed by atoms with Gasteiger partial charge in [-0.1, -0.05) is 0 Å². The molecule has 0 amide bonds. The molecule has 3 aliphatic rings. The number of aromatic nitrogens is 4. The van der Waals surface area contributed by atoms with Crippen molar-refractivity contribution in [3.8, 4) is 11.4 Å². The van der Waals surface area contributed by atoms with Gasteiger partial charge in [0, 0.05) is 23.3 Å². The van der Waals surface area contributed by atoms with Crippen molar-refractivity contribution in [2.45, 2.75) is 39.0 Å². The van der Waals surface area contributed by atoms with Crippen molar-refractivity contribution in [1.82, 2.24) is 19.9 Å². The lowest BCUT2D eigenvalue weighted by Gasteiger charge is -2.46. The van der Waals surface area contributed by atoms with Crippen LogP contribution in [-0.2, 0) is 11.2 Å². The summed E-state index contributed by atoms with van der Waals surface area (Å²) in [6.45, 7) is 1.96. The molecule has 2 N–H and O–H groups in total. The quantitative estimate of drug-likeness (QED) is 0.694. The Balaban J connectivity index is 1.51. The lowest BCUT2D eigenvalue weighted by atomic mass is 9.57. The lowest BCUT2D eigenvalue weighted by molar-refractivity contribution is -0.152. The maximum Gasteiger partial charge on any atom is 0.307 e. The molecule has 7 heteroatoms. The second-order valence-electron chi connectivity index (χ2n) is 8.51. The number of aliphatic carboxylic acids is 1. The Bertz CT molecular complexity index is 1090. The van der Waals surface area contributed by atoms with Crippen molar-refractivity contribution < 1.29 is 14.3 Å². The number of hydrogen-bond donors (Lipinski definition) is 2. The van der Waals surface area contributed by atoms with Gasteiger partial charge in [0.2, 0.25) is 0 Å². The number of aromatic amines is 1. The zero-order valence-corrected chi connectivity index (χ0v) is 16.2. The predicted octanol–water partition coefficient (Wildman–Crippen LogP) is 4.15. The molecule has 3 aromatic rings. The van der Waals surface area contributed by atoms with Crippen LogP contribution in [0.2, 0.25) is 0 Å². The molecule has 150 valence electrons. The van der Waals surface area contributed by atoms with Crippen LogP contribution in [0.5, 0.6) is 0 Å². The second-order valence-corrected chi connectivity index (χ2v) is 8.51. The summed E-state index contributed by atoms with van der Waals surface area (Å²) in [5.41, 5.74) is 2.84. The minimum absolute atomic E-state index is 0.0656.